The minimum atomic E-state index is -3.45. The molecule has 0 spiro atoms. The molecule has 0 unspecified atom stereocenters. The molecule has 3 aromatic rings. The summed E-state index contributed by atoms with van der Waals surface area (Å²) in [5, 5.41) is 5.51. The molecule has 1 aromatic carbocycles. The Kier molecular flexibility index (Phi) is 4.63. The summed E-state index contributed by atoms with van der Waals surface area (Å²) in [6.45, 7) is 3.90. The first kappa shape index (κ1) is 17.6. The predicted molar refractivity (Wildman–Crippen MR) is 104 cm³/mol. The van der Waals surface area contributed by atoms with Gasteiger partial charge < -0.3 is 4.90 Å². The summed E-state index contributed by atoms with van der Waals surface area (Å²) in [7, 11) is -3.45. The number of piperazine rings is 1. The van der Waals surface area contributed by atoms with Crippen LogP contribution in [-0.2, 0) is 10.0 Å². The van der Waals surface area contributed by atoms with Gasteiger partial charge in [0, 0.05) is 43.3 Å². The van der Waals surface area contributed by atoms with Crippen LogP contribution in [0.3, 0.4) is 0 Å². The third kappa shape index (κ3) is 3.69. The lowest BCUT2D eigenvalue weighted by Crippen LogP contribution is -2.48. The molecule has 0 saturated carbocycles. The van der Waals surface area contributed by atoms with Gasteiger partial charge in [-0.3, -0.25) is 0 Å². The van der Waals surface area contributed by atoms with E-state index in [2.05, 4.69) is 20.0 Å². The second-order valence-electron chi connectivity index (χ2n) is 6.37. The van der Waals surface area contributed by atoms with Crippen LogP contribution in [0.5, 0.6) is 0 Å². The number of fused-ring (bicyclic) bond motifs is 1. The quantitative estimate of drug-likeness (QED) is 0.679. The molecule has 140 valence electrons. The first-order valence-electron chi connectivity index (χ1n) is 8.68. The fraction of sp³-hybridized carbons (Fsp3) is 0.278. The molecular weight excluding hydrogens is 364 g/mol. The van der Waals surface area contributed by atoms with E-state index in [4.69, 9.17) is 0 Å². The third-order valence-corrected chi connectivity index (χ3v) is 6.08. The molecule has 4 rings (SSSR count). The maximum Gasteiger partial charge on any atom is 0.254 e. The van der Waals surface area contributed by atoms with Crippen LogP contribution in [0.25, 0.3) is 11.9 Å². The van der Waals surface area contributed by atoms with Gasteiger partial charge in [0.1, 0.15) is 12.1 Å². The van der Waals surface area contributed by atoms with Crippen molar-refractivity contribution in [2.24, 2.45) is 0 Å². The maximum absolute atomic E-state index is 12.6. The Bertz CT molecular complexity index is 1070. The monoisotopic (exact) mass is 384 g/mol. The second kappa shape index (κ2) is 7.09. The van der Waals surface area contributed by atoms with Crippen molar-refractivity contribution in [2.45, 2.75) is 6.92 Å². The highest BCUT2D eigenvalue weighted by atomic mass is 32.2. The number of sulfonamides is 1. The lowest BCUT2D eigenvalue weighted by molar-refractivity contribution is 0.388. The highest BCUT2D eigenvalue weighted by Crippen LogP contribution is 2.19. The zero-order chi connectivity index (χ0) is 18.9. The Morgan fingerprint density at radius 3 is 2.56 bits per heavy atom. The molecular formula is C18H20N6O2S. The Morgan fingerprint density at radius 1 is 1.07 bits per heavy atom. The maximum atomic E-state index is 12.6. The molecule has 9 heteroatoms. The summed E-state index contributed by atoms with van der Waals surface area (Å²) in [6.07, 6.45) is 3.10. The van der Waals surface area contributed by atoms with E-state index in [-0.39, 0.29) is 0 Å². The van der Waals surface area contributed by atoms with Crippen LogP contribution in [0.15, 0.2) is 48.1 Å². The minimum Gasteiger partial charge on any atom is -0.354 e. The van der Waals surface area contributed by atoms with Gasteiger partial charge in [-0.05, 0) is 18.6 Å². The summed E-state index contributed by atoms with van der Waals surface area (Å²) in [4.78, 5) is 10.6. The van der Waals surface area contributed by atoms with Crippen LogP contribution in [0.1, 0.15) is 11.3 Å². The lowest BCUT2D eigenvalue weighted by atomic mass is 10.2. The van der Waals surface area contributed by atoms with Crippen molar-refractivity contribution >= 4 is 27.7 Å². The molecule has 1 saturated heterocycles. The van der Waals surface area contributed by atoms with Crippen LogP contribution in [0, 0.1) is 6.92 Å². The van der Waals surface area contributed by atoms with Crippen molar-refractivity contribution in [3.8, 4) is 0 Å². The number of rotatable bonds is 4. The SMILES string of the molecule is Cc1cc(N2CCN(S(=O)(=O)/C=C\c3ccccc3)CC2)n2ncnc2n1. The van der Waals surface area contributed by atoms with Gasteiger partial charge in [0.15, 0.2) is 0 Å². The van der Waals surface area contributed by atoms with Crippen molar-refractivity contribution in [1.29, 1.82) is 0 Å². The molecule has 0 N–H and O–H groups in total. The van der Waals surface area contributed by atoms with Crippen LogP contribution in [0.4, 0.5) is 5.82 Å². The third-order valence-electron chi connectivity index (χ3n) is 4.52. The van der Waals surface area contributed by atoms with Crippen molar-refractivity contribution in [1.82, 2.24) is 23.9 Å². The van der Waals surface area contributed by atoms with Crippen LogP contribution < -0.4 is 4.90 Å². The topological polar surface area (TPSA) is 83.7 Å². The van der Waals surface area contributed by atoms with Crippen LogP contribution in [0.2, 0.25) is 0 Å². The van der Waals surface area contributed by atoms with E-state index in [1.807, 2.05) is 43.3 Å². The lowest BCUT2D eigenvalue weighted by Gasteiger charge is -2.34. The van der Waals surface area contributed by atoms with Gasteiger partial charge in [0.25, 0.3) is 5.78 Å². The largest absolute Gasteiger partial charge is 0.354 e. The highest BCUT2D eigenvalue weighted by Gasteiger charge is 2.26. The minimum absolute atomic E-state index is 0.416. The number of aromatic nitrogens is 4. The molecule has 2 aromatic heterocycles. The molecule has 1 fully saturated rings. The molecule has 27 heavy (non-hydrogen) atoms. The van der Waals surface area contributed by atoms with Gasteiger partial charge >= 0.3 is 0 Å². The van der Waals surface area contributed by atoms with Crippen molar-refractivity contribution in [3.05, 3.63) is 59.4 Å². The van der Waals surface area contributed by atoms with E-state index in [1.54, 1.807) is 10.6 Å². The fourth-order valence-electron chi connectivity index (χ4n) is 3.12. The summed E-state index contributed by atoms with van der Waals surface area (Å²) in [5.74, 6) is 1.43. The van der Waals surface area contributed by atoms with Gasteiger partial charge in [-0.15, -0.1) is 0 Å². The molecule has 3 heterocycles. The van der Waals surface area contributed by atoms with Crippen molar-refractivity contribution in [3.63, 3.8) is 0 Å². The van der Waals surface area contributed by atoms with E-state index >= 15 is 0 Å². The van der Waals surface area contributed by atoms with Crippen molar-refractivity contribution in [2.75, 3.05) is 31.1 Å². The highest BCUT2D eigenvalue weighted by molar-refractivity contribution is 7.92. The van der Waals surface area contributed by atoms with Crippen LogP contribution in [-0.4, -0.2) is 58.5 Å². The summed E-state index contributed by atoms with van der Waals surface area (Å²) in [6, 6.07) is 11.4. The normalized spacial score (nSPS) is 16.4. The average Bonchev–Trinajstić information content (AvgIpc) is 3.15. The van der Waals surface area contributed by atoms with Crippen LogP contribution >= 0.6 is 0 Å². The first-order chi connectivity index (χ1) is 13.0. The van der Waals surface area contributed by atoms with E-state index in [9.17, 15) is 8.42 Å². The number of hydrogen-bond acceptors (Lipinski definition) is 6. The second-order valence-corrected chi connectivity index (χ2v) is 8.19. The molecule has 8 nitrogen and oxygen atoms in total. The molecule has 1 aliphatic rings. The van der Waals surface area contributed by atoms with E-state index < -0.39 is 10.0 Å². The van der Waals surface area contributed by atoms with Gasteiger partial charge in [-0.1, -0.05) is 30.3 Å². The average molecular weight is 384 g/mol. The summed E-state index contributed by atoms with van der Waals surface area (Å²) in [5.41, 5.74) is 1.71. The van der Waals surface area contributed by atoms with E-state index in [1.165, 1.54) is 16.0 Å². The molecule has 1 aliphatic heterocycles. The molecule has 0 radical (unpaired) electrons. The number of hydrogen-bond donors (Lipinski definition) is 0. The van der Waals surface area contributed by atoms with Gasteiger partial charge in [-0.25, -0.2) is 13.4 Å². The zero-order valence-electron chi connectivity index (χ0n) is 14.9. The van der Waals surface area contributed by atoms with Gasteiger partial charge in [-0.2, -0.15) is 18.9 Å². The predicted octanol–water partition coefficient (Wildman–Crippen LogP) is 1.56. The first-order valence-corrected chi connectivity index (χ1v) is 10.2. The Hall–Kier alpha value is -2.78. The fourth-order valence-corrected chi connectivity index (χ4v) is 4.30. The number of benzene rings is 1. The zero-order valence-corrected chi connectivity index (χ0v) is 15.7. The standard InChI is InChI=1S/C18H20N6O2S/c1-15-13-17(24-18(21-15)19-14-20-24)22-8-10-23(11-9-22)27(25,26)12-7-16-5-3-2-4-6-16/h2-7,12-14H,8-11H2,1H3/b12-7-. The molecule has 0 atom stereocenters. The molecule has 0 aliphatic carbocycles. The Labute approximate surface area is 157 Å². The van der Waals surface area contributed by atoms with E-state index in [0.29, 0.717) is 32.0 Å². The smallest absolute Gasteiger partial charge is 0.254 e. The number of aryl methyl sites for hydroxylation is 1. The van der Waals surface area contributed by atoms with Crippen molar-refractivity contribution < 1.29 is 8.42 Å². The number of nitrogens with zero attached hydrogens (tertiary/aromatic N) is 6. The Balaban J connectivity index is 1.48. The van der Waals surface area contributed by atoms with E-state index in [0.717, 1.165) is 17.1 Å². The van der Waals surface area contributed by atoms with Gasteiger partial charge in [0.2, 0.25) is 10.0 Å². The Morgan fingerprint density at radius 2 is 1.81 bits per heavy atom. The summed E-state index contributed by atoms with van der Waals surface area (Å²) >= 11 is 0. The summed E-state index contributed by atoms with van der Waals surface area (Å²) < 4.78 is 28.4. The molecule has 0 bridgehead atoms. The molecule has 0 amide bonds. The van der Waals surface area contributed by atoms with Gasteiger partial charge in [0.05, 0.1) is 0 Å². The number of anilines is 1.